The van der Waals surface area contributed by atoms with Gasteiger partial charge in [-0.15, -0.1) is 0 Å². The predicted octanol–water partition coefficient (Wildman–Crippen LogP) is 3.64. The normalized spacial score (nSPS) is 21.6. The lowest BCUT2D eigenvalue weighted by Gasteiger charge is -2.40. The fourth-order valence-corrected chi connectivity index (χ4v) is 6.78. The molecule has 0 radical (unpaired) electrons. The first kappa shape index (κ1) is 19.9. The second-order valence-electron chi connectivity index (χ2n) is 8.08. The molecule has 1 spiro atoms. The number of amides is 1. The Morgan fingerprint density at radius 3 is 2.48 bits per heavy atom. The van der Waals surface area contributed by atoms with Gasteiger partial charge in [0.05, 0.1) is 29.9 Å². The molecule has 1 aliphatic heterocycles. The first-order valence-corrected chi connectivity index (χ1v) is 11.5. The van der Waals surface area contributed by atoms with E-state index in [1.807, 2.05) is 24.3 Å². The summed E-state index contributed by atoms with van der Waals surface area (Å²) in [4.78, 5) is 25.2. The van der Waals surface area contributed by atoms with E-state index in [4.69, 9.17) is 4.74 Å². The molecule has 2 aromatic rings. The number of methoxy groups -OCH3 is 1. The van der Waals surface area contributed by atoms with Gasteiger partial charge in [-0.1, -0.05) is 49.6 Å². The van der Waals surface area contributed by atoms with Gasteiger partial charge in [-0.25, -0.2) is 12.7 Å². The van der Waals surface area contributed by atoms with Crippen LogP contribution in [0.5, 0.6) is 0 Å². The lowest BCUT2D eigenvalue weighted by Crippen LogP contribution is -2.50. The smallest absolute Gasteiger partial charge is 0.306 e. The quantitative estimate of drug-likeness (QED) is 0.712. The average Bonchev–Trinajstić information content (AvgIpc) is 2.98. The van der Waals surface area contributed by atoms with Gasteiger partial charge in [-0.2, -0.15) is 0 Å². The predicted molar refractivity (Wildman–Crippen MR) is 109 cm³/mol. The molecule has 154 valence electrons. The lowest BCUT2D eigenvalue weighted by atomic mass is 9.78. The van der Waals surface area contributed by atoms with E-state index in [0.29, 0.717) is 19.3 Å². The van der Waals surface area contributed by atoms with Gasteiger partial charge in [0, 0.05) is 0 Å². The minimum atomic E-state index is -4.03. The molecule has 0 aromatic heterocycles. The van der Waals surface area contributed by atoms with Crippen LogP contribution >= 0.6 is 0 Å². The number of fused-ring (bicyclic) bond motifs is 1. The number of sulfonamides is 1. The van der Waals surface area contributed by atoms with Crippen LogP contribution in [-0.2, 0) is 24.3 Å². The van der Waals surface area contributed by atoms with Crippen LogP contribution in [0.4, 0.5) is 0 Å². The molecule has 1 heterocycles. The van der Waals surface area contributed by atoms with Crippen LogP contribution in [-0.4, -0.2) is 37.2 Å². The van der Waals surface area contributed by atoms with Crippen LogP contribution in [0.1, 0.15) is 44.9 Å². The van der Waals surface area contributed by atoms with Crippen LogP contribution in [0, 0.1) is 5.92 Å². The highest BCUT2D eigenvalue weighted by Crippen LogP contribution is 2.48. The number of rotatable bonds is 4. The third kappa shape index (κ3) is 3.41. The highest BCUT2D eigenvalue weighted by Gasteiger charge is 2.56. The molecule has 1 saturated carbocycles. The Hall–Kier alpha value is -2.41. The molecule has 1 amide bonds. The number of ether oxygens (including phenoxy) is 1. The molecule has 4 rings (SSSR count). The Bertz CT molecular complexity index is 1060. The van der Waals surface area contributed by atoms with E-state index < -0.39 is 33.4 Å². The number of esters is 1. The summed E-state index contributed by atoms with van der Waals surface area (Å²) in [6.07, 6.45) is 4.37. The van der Waals surface area contributed by atoms with Crippen molar-refractivity contribution in [3.63, 3.8) is 0 Å². The fraction of sp³-hybridized carbons (Fsp3) is 0.455. The van der Waals surface area contributed by atoms with Crippen LogP contribution in [0.2, 0.25) is 0 Å². The Morgan fingerprint density at radius 2 is 1.79 bits per heavy atom. The molecule has 1 atom stereocenters. The van der Waals surface area contributed by atoms with Crippen molar-refractivity contribution in [2.24, 2.45) is 5.92 Å². The third-order valence-corrected chi connectivity index (χ3v) is 8.19. The molecule has 1 saturated heterocycles. The zero-order valence-electron chi connectivity index (χ0n) is 16.5. The first-order chi connectivity index (χ1) is 13.9. The standard InChI is InChI=1S/C22H25NO5S/c1-28-20(24)14-18-15-22(11-5-2-6-12-22)23(21(18)25)29(26,27)19-10-9-16-7-3-4-8-17(16)13-19/h3-4,7-10,13,18H,2,5-6,11-12,14-15H2,1H3/t18-/m1/s1. The largest absolute Gasteiger partial charge is 0.469 e. The average molecular weight is 416 g/mol. The zero-order chi connectivity index (χ0) is 20.6. The Labute approximate surface area is 170 Å². The van der Waals surface area contributed by atoms with Crippen molar-refractivity contribution in [3.8, 4) is 0 Å². The molecule has 0 N–H and O–H groups in total. The number of nitrogens with zero attached hydrogens (tertiary/aromatic N) is 1. The van der Waals surface area contributed by atoms with Crippen LogP contribution < -0.4 is 0 Å². The van der Waals surface area contributed by atoms with E-state index in [9.17, 15) is 18.0 Å². The van der Waals surface area contributed by atoms with E-state index in [2.05, 4.69) is 0 Å². The van der Waals surface area contributed by atoms with E-state index >= 15 is 0 Å². The highest BCUT2D eigenvalue weighted by atomic mass is 32.2. The number of carbonyl (C=O) groups is 2. The Kier molecular flexibility index (Phi) is 5.11. The summed E-state index contributed by atoms with van der Waals surface area (Å²) >= 11 is 0. The van der Waals surface area contributed by atoms with E-state index in [-0.39, 0.29) is 11.3 Å². The van der Waals surface area contributed by atoms with Gasteiger partial charge in [0.2, 0.25) is 5.91 Å². The van der Waals surface area contributed by atoms with Gasteiger partial charge in [0.15, 0.2) is 0 Å². The number of hydrogen-bond acceptors (Lipinski definition) is 5. The van der Waals surface area contributed by atoms with Crippen molar-refractivity contribution in [1.82, 2.24) is 4.31 Å². The van der Waals surface area contributed by atoms with Gasteiger partial charge in [0.25, 0.3) is 10.0 Å². The number of carbonyl (C=O) groups excluding carboxylic acids is 2. The minimum Gasteiger partial charge on any atom is -0.469 e. The van der Waals surface area contributed by atoms with Crippen molar-refractivity contribution in [1.29, 1.82) is 0 Å². The monoisotopic (exact) mass is 415 g/mol. The lowest BCUT2D eigenvalue weighted by molar-refractivity contribution is -0.144. The SMILES string of the molecule is COC(=O)C[C@@H]1CC2(CCCCC2)N(S(=O)(=O)c2ccc3ccccc3c2)C1=O. The van der Waals surface area contributed by atoms with Crippen LogP contribution in [0.3, 0.4) is 0 Å². The molecule has 2 aromatic carbocycles. The molecule has 2 aliphatic rings. The summed E-state index contributed by atoms with van der Waals surface area (Å²) < 4.78 is 33.2. The molecular formula is C22H25NO5S. The first-order valence-electron chi connectivity index (χ1n) is 10.0. The summed E-state index contributed by atoms with van der Waals surface area (Å²) in [5.41, 5.74) is -0.738. The molecular weight excluding hydrogens is 390 g/mol. The molecule has 7 heteroatoms. The van der Waals surface area contributed by atoms with Gasteiger partial charge in [0.1, 0.15) is 0 Å². The van der Waals surface area contributed by atoms with E-state index in [1.165, 1.54) is 7.11 Å². The van der Waals surface area contributed by atoms with Gasteiger partial charge in [-0.05, 0) is 42.2 Å². The number of benzene rings is 2. The zero-order valence-corrected chi connectivity index (χ0v) is 17.3. The minimum absolute atomic E-state index is 0.0825. The molecule has 29 heavy (non-hydrogen) atoms. The van der Waals surface area contributed by atoms with Crippen molar-refractivity contribution in [3.05, 3.63) is 42.5 Å². The van der Waals surface area contributed by atoms with Crippen LogP contribution in [0.15, 0.2) is 47.4 Å². The summed E-state index contributed by atoms with van der Waals surface area (Å²) in [5, 5.41) is 1.75. The van der Waals surface area contributed by atoms with Crippen molar-refractivity contribution in [2.75, 3.05) is 7.11 Å². The fourth-order valence-electron chi connectivity index (χ4n) is 4.90. The second-order valence-corrected chi connectivity index (χ2v) is 9.87. The molecule has 1 aliphatic carbocycles. The van der Waals surface area contributed by atoms with E-state index in [0.717, 1.165) is 34.3 Å². The maximum Gasteiger partial charge on any atom is 0.306 e. The Balaban J connectivity index is 1.77. The molecule has 2 fully saturated rings. The molecule has 6 nitrogen and oxygen atoms in total. The summed E-state index contributed by atoms with van der Waals surface area (Å²) in [5.74, 6) is -1.62. The van der Waals surface area contributed by atoms with E-state index in [1.54, 1.807) is 18.2 Å². The maximum absolute atomic E-state index is 13.7. The Morgan fingerprint density at radius 1 is 1.10 bits per heavy atom. The van der Waals surface area contributed by atoms with Crippen molar-refractivity contribution in [2.45, 2.75) is 55.4 Å². The van der Waals surface area contributed by atoms with Crippen molar-refractivity contribution < 1.29 is 22.7 Å². The maximum atomic E-state index is 13.7. The van der Waals surface area contributed by atoms with Gasteiger partial charge >= 0.3 is 5.97 Å². The topological polar surface area (TPSA) is 80.8 Å². The third-order valence-electron chi connectivity index (χ3n) is 6.29. The van der Waals surface area contributed by atoms with Crippen molar-refractivity contribution >= 4 is 32.7 Å². The summed E-state index contributed by atoms with van der Waals surface area (Å²) in [6.45, 7) is 0. The second kappa shape index (κ2) is 7.44. The highest BCUT2D eigenvalue weighted by molar-refractivity contribution is 7.89. The summed E-state index contributed by atoms with van der Waals surface area (Å²) in [7, 11) is -2.75. The molecule has 0 unspecified atom stereocenters. The van der Waals surface area contributed by atoms with Gasteiger partial charge < -0.3 is 4.74 Å². The summed E-state index contributed by atoms with van der Waals surface area (Å²) in [6, 6.07) is 12.5. The number of hydrogen-bond donors (Lipinski definition) is 0. The van der Waals surface area contributed by atoms with Gasteiger partial charge in [-0.3, -0.25) is 9.59 Å². The molecule has 0 bridgehead atoms. The van der Waals surface area contributed by atoms with Crippen LogP contribution in [0.25, 0.3) is 10.8 Å².